The molecule has 0 bridgehead atoms. The molecule has 0 radical (unpaired) electrons. The van der Waals surface area contributed by atoms with Crippen molar-refractivity contribution in [1.29, 1.82) is 0 Å². The second-order valence-electron chi connectivity index (χ2n) is 6.44. The van der Waals surface area contributed by atoms with E-state index < -0.39 is 0 Å². The lowest BCUT2D eigenvalue weighted by atomic mass is 9.90. The third-order valence-electron chi connectivity index (χ3n) is 4.72. The molecule has 3 nitrogen and oxygen atoms in total. The molecule has 1 aromatic rings. The summed E-state index contributed by atoms with van der Waals surface area (Å²) in [7, 11) is 0. The summed E-state index contributed by atoms with van der Waals surface area (Å²) in [4.78, 5) is 0. The van der Waals surface area contributed by atoms with Crippen LogP contribution in [-0.2, 0) is 4.74 Å². The van der Waals surface area contributed by atoms with E-state index in [1.54, 1.807) is 0 Å². The molecule has 1 saturated carbocycles. The highest BCUT2D eigenvalue weighted by Gasteiger charge is 2.40. The molecule has 1 heterocycles. The molecule has 2 N–H and O–H groups in total. The van der Waals surface area contributed by atoms with E-state index in [0.717, 1.165) is 30.8 Å². The van der Waals surface area contributed by atoms with Gasteiger partial charge in [0, 0.05) is 29.5 Å². The SMILES string of the molecule is C[C@H](N)c1cc(Cl)ccc1OC1CCOC2(CCCC2)C1. The molecular formula is C17H24ClNO2. The van der Waals surface area contributed by atoms with E-state index in [9.17, 15) is 0 Å². The fourth-order valence-electron chi connectivity index (χ4n) is 3.61. The third-order valence-corrected chi connectivity index (χ3v) is 4.95. The molecule has 116 valence electrons. The largest absolute Gasteiger partial charge is 0.490 e. The van der Waals surface area contributed by atoms with Crippen LogP contribution in [-0.4, -0.2) is 18.3 Å². The number of rotatable bonds is 3. The maximum absolute atomic E-state index is 6.27. The van der Waals surface area contributed by atoms with E-state index >= 15 is 0 Å². The molecule has 2 aliphatic rings. The molecule has 1 aromatic carbocycles. The standard InChI is InChI=1S/C17H24ClNO2/c1-12(19)15-10-13(18)4-5-16(15)21-14-6-9-20-17(11-14)7-2-3-8-17/h4-5,10,12,14H,2-3,6-9,11,19H2,1H3/t12-,14?/m0/s1. The maximum Gasteiger partial charge on any atom is 0.124 e. The van der Waals surface area contributed by atoms with Crippen molar-refractivity contribution < 1.29 is 9.47 Å². The summed E-state index contributed by atoms with van der Waals surface area (Å²) in [5, 5.41) is 0.703. The Hall–Kier alpha value is -0.770. The highest BCUT2D eigenvalue weighted by atomic mass is 35.5. The molecule has 21 heavy (non-hydrogen) atoms. The van der Waals surface area contributed by atoms with Gasteiger partial charge in [-0.3, -0.25) is 0 Å². The van der Waals surface area contributed by atoms with E-state index in [1.807, 2.05) is 25.1 Å². The van der Waals surface area contributed by atoms with Crippen molar-refractivity contribution in [2.75, 3.05) is 6.61 Å². The van der Waals surface area contributed by atoms with Crippen LogP contribution in [0.15, 0.2) is 18.2 Å². The lowest BCUT2D eigenvalue weighted by Crippen LogP contribution is -2.41. The lowest BCUT2D eigenvalue weighted by Gasteiger charge is -2.38. The highest BCUT2D eigenvalue weighted by Crippen LogP contribution is 2.41. The Labute approximate surface area is 131 Å². The van der Waals surface area contributed by atoms with E-state index in [-0.39, 0.29) is 17.7 Å². The Morgan fingerprint density at radius 2 is 2.14 bits per heavy atom. The molecule has 2 fully saturated rings. The first-order valence-electron chi connectivity index (χ1n) is 7.94. The Morgan fingerprint density at radius 1 is 1.38 bits per heavy atom. The van der Waals surface area contributed by atoms with Gasteiger partial charge in [0.15, 0.2) is 0 Å². The smallest absolute Gasteiger partial charge is 0.124 e. The Kier molecular flexibility index (Phi) is 4.43. The number of halogens is 1. The van der Waals surface area contributed by atoms with Gasteiger partial charge in [0.2, 0.25) is 0 Å². The molecule has 1 unspecified atom stereocenters. The zero-order chi connectivity index (χ0) is 14.9. The first-order valence-corrected chi connectivity index (χ1v) is 8.31. The zero-order valence-electron chi connectivity index (χ0n) is 12.6. The second kappa shape index (κ2) is 6.15. The van der Waals surface area contributed by atoms with Gasteiger partial charge in [-0.2, -0.15) is 0 Å². The van der Waals surface area contributed by atoms with Gasteiger partial charge in [0.25, 0.3) is 0 Å². The van der Waals surface area contributed by atoms with Crippen LogP contribution >= 0.6 is 11.6 Å². The number of hydrogen-bond donors (Lipinski definition) is 1. The van der Waals surface area contributed by atoms with Gasteiger partial charge in [-0.25, -0.2) is 0 Å². The van der Waals surface area contributed by atoms with Gasteiger partial charge in [-0.1, -0.05) is 24.4 Å². The molecule has 4 heteroatoms. The van der Waals surface area contributed by atoms with Gasteiger partial charge in [-0.05, 0) is 38.0 Å². The molecule has 3 rings (SSSR count). The molecule has 1 aliphatic heterocycles. The van der Waals surface area contributed by atoms with Crippen LogP contribution in [0.1, 0.15) is 57.1 Å². The van der Waals surface area contributed by atoms with Crippen molar-refractivity contribution >= 4 is 11.6 Å². The van der Waals surface area contributed by atoms with E-state index in [2.05, 4.69) is 0 Å². The Bertz CT molecular complexity index is 498. The number of benzene rings is 1. The Balaban J connectivity index is 1.74. The zero-order valence-corrected chi connectivity index (χ0v) is 13.4. The average Bonchev–Trinajstić information content (AvgIpc) is 2.88. The summed E-state index contributed by atoms with van der Waals surface area (Å²) in [6, 6.07) is 5.64. The van der Waals surface area contributed by atoms with Crippen molar-refractivity contribution in [2.24, 2.45) is 5.73 Å². The molecule has 0 aromatic heterocycles. The predicted molar refractivity (Wildman–Crippen MR) is 84.9 cm³/mol. The number of nitrogens with two attached hydrogens (primary N) is 1. The van der Waals surface area contributed by atoms with Gasteiger partial charge in [-0.15, -0.1) is 0 Å². The summed E-state index contributed by atoms with van der Waals surface area (Å²) in [5.74, 6) is 0.870. The fourth-order valence-corrected chi connectivity index (χ4v) is 3.79. The number of ether oxygens (including phenoxy) is 2. The topological polar surface area (TPSA) is 44.5 Å². The maximum atomic E-state index is 6.27. The minimum atomic E-state index is -0.0843. The van der Waals surface area contributed by atoms with Gasteiger partial charge < -0.3 is 15.2 Å². The molecule has 2 atom stereocenters. The van der Waals surface area contributed by atoms with Crippen molar-refractivity contribution in [3.05, 3.63) is 28.8 Å². The molecule has 1 aliphatic carbocycles. The molecule has 1 saturated heterocycles. The van der Waals surface area contributed by atoms with Crippen LogP contribution in [0.5, 0.6) is 5.75 Å². The van der Waals surface area contributed by atoms with Crippen LogP contribution < -0.4 is 10.5 Å². The van der Waals surface area contributed by atoms with Crippen LogP contribution in [0.4, 0.5) is 0 Å². The molecule has 1 spiro atoms. The summed E-state index contributed by atoms with van der Waals surface area (Å²) in [5.41, 5.74) is 7.10. The minimum Gasteiger partial charge on any atom is -0.490 e. The van der Waals surface area contributed by atoms with Crippen molar-refractivity contribution in [1.82, 2.24) is 0 Å². The fraction of sp³-hybridized carbons (Fsp3) is 0.647. The monoisotopic (exact) mass is 309 g/mol. The molecule has 0 amide bonds. The van der Waals surface area contributed by atoms with Crippen molar-refractivity contribution in [2.45, 2.75) is 63.2 Å². The van der Waals surface area contributed by atoms with Crippen LogP contribution in [0.25, 0.3) is 0 Å². The minimum absolute atomic E-state index is 0.0733. The Morgan fingerprint density at radius 3 is 2.86 bits per heavy atom. The van der Waals surface area contributed by atoms with Crippen LogP contribution in [0.3, 0.4) is 0 Å². The van der Waals surface area contributed by atoms with Crippen LogP contribution in [0.2, 0.25) is 5.02 Å². The quantitative estimate of drug-likeness (QED) is 0.908. The summed E-state index contributed by atoms with van der Waals surface area (Å²) in [6.45, 7) is 2.76. The van der Waals surface area contributed by atoms with E-state index in [0.29, 0.717) is 5.02 Å². The second-order valence-corrected chi connectivity index (χ2v) is 6.88. The summed E-state index contributed by atoms with van der Waals surface area (Å²) in [6.07, 6.45) is 7.06. The third kappa shape index (κ3) is 3.36. The van der Waals surface area contributed by atoms with Crippen molar-refractivity contribution in [3.8, 4) is 5.75 Å². The summed E-state index contributed by atoms with van der Waals surface area (Å²) >= 11 is 6.07. The van der Waals surface area contributed by atoms with Crippen LogP contribution in [0, 0.1) is 0 Å². The highest BCUT2D eigenvalue weighted by molar-refractivity contribution is 6.30. The first-order chi connectivity index (χ1) is 10.1. The van der Waals surface area contributed by atoms with E-state index in [4.69, 9.17) is 26.8 Å². The average molecular weight is 310 g/mol. The van der Waals surface area contributed by atoms with Gasteiger partial charge >= 0.3 is 0 Å². The predicted octanol–water partition coefficient (Wildman–Crippen LogP) is 4.23. The van der Waals surface area contributed by atoms with Crippen molar-refractivity contribution in [3.63, 3.8) is 0 Å². The lowest BCUT2D eigenvalue weighted by molar-refractivity contribution is -0.108. The summed E-state index contributed by atoms with van der Waals surface area (Å²) < 4.78 is 12.3. The van der Waals surface area contributed by atoms with E-state index in [1.165, 1.54) is 25.7 Å². The molecular weight excluding hydrogens is 286 g/mol. The van der Waals surface area contributed by atoms with Gasteiger partial charge in [0.05, 0.1) is 12.2 Å². The number of hydrogen-bond acceptors (Lipinski definition) is 3. The first kappa shape index (κ1) is 15.1. The van der Waals surface area contributed by atoms with Gasteiger partial charge in [0.1, 0.15) is 11.9 Å². The normalized spacial score (nSPS) is 26.0.